The molecule has 18 heavy (non-hydrogen) atoms. The van der Waals surface area contributed by atoms with Crippen LogP contribution in [0.3, 0.4) is 0 Å². The molecule has 0 aliphatic heterocycles. The van der Waals surface area contributed by atoms with Crippen LogP contribution in [0.1, 0.15) is 12.8 Å². The summed E-state index contributed by atoms with van der Waals surface area (Å²) in [5.41, 5.74) is 5.33. The minimum absolute atomic E-state index is 0. The number of nitrogens with one attached hydrogen (secondary N) is 1. The summed E-state index contributed by atoms with van der Waals surface area (Å²) in [7, 11) is -3.46. The molecule has 0 aromatic heterocycles. The molecule has 1 aromatic rings. The Balaban J connectivity index is 0.00000289. The number of halogens is 3. The molecule has 8 heteroatoms. The Hall–Kier alpha value is 0.150. The van der Waals surface area contributed by atoms with Crippen LogP contribution in [0, 0.1) is 0 Å². The number of hydrogen-bond acceptors (Lipinski definition) is 3. The Kier molecular flexibility index (Phi) is 8.42. The summed E-state index contributed by atoms with van der Waals surface area (Å²) >= 11 is 8.99. The van der Waals surface area contributed by atoms with Gasteiger partial charge in [0.2, 0.25) is 10.0 Å². The molecule has 0 heterocycles. The number of benzene rings is 1. The van der Waals surface area contributed by atoms with Gasteiger partial charge in [0.05, 0.1) is 9.92 Å². The first-order chi connectivity index (χ1) is 7.97. The van der Waals surface area contributed by atoms with Crippen molar-refractivity contribution in [2.45, 2.75) is 17.7 Å². The van der Waals surface area contributed by atoms with E-state index >= 15 is 0 Å². The van der Waals surface area contributed by atoms with Crippen LogP contribution in [0.5, 0.6) is 0 Å². The van der Waals surface area contributed by atoms with E-state index in [2.05, 4.69) is 20.7 Å². The maximum atomic E-state index is 11.9. The van der Waals surface area contributed by atoms with Gasteiger partial charge >= 0.3 is 0 Å². The van der Waals surface area contributed by atoms with Gasteiger partial charge in [0, 0.05) is 11.0 Å². The number of unbranched alkanes of at least 4 members (excludes halogenated alkanes) is 1. The highest BCUT2D eigenvalue weighted by Crippen LogP contribution is 2.25. The number of rotatable bonds is 6. The van der Waals surface area contributed by atoms with Gasteiger partial charge < -0.3 is 5.73 Å². The monoisotopic (exact) mass is 376 g/mol. The van der Waals surface area contributed by atoms with Gasteiger partial charge in [-0.05, 0) is 53.5 Å². The summed E-state index contributed by atoms with van der Waals surface area (Å²) < 4.78 is 26.8. The average molecular weight is 378 g/mol. The second-order valence-electron chi connectivity index (χ2n) is 3.47. The van der Waals surface area contributed by atoms with Crippen LogP contribution < -0.4 is 10.5 Å². The molecular formula is C10H15BrCl2N2O2S. The molecule has 0 atom stereocenters. The Morgan fingerprint density at radius 3 is 2.56 bits per heavy atom. The van der Waals surface area contributed by atoms with Crippen molar-refractivity contribution in [1.82, 2.24) is 4.72 Å². The minimum Gasteiger partial charge on any atom is -0.330 e. The molecule has 1 aromatic carbocycles. The van der Waals surface area contributed by atoms with Crippen LogP contribution in [0.4, 0.5) is 0 Å². The summed E-state index contributed by atoms with van der Waals surface area (Å²) in [6.07, 6.45) is 1.53. The lowest BCUT2D eigenvalue weighted by atomic mass is 10.3. The molecule has 1 rings (SSSR count). The molecule has 0 radical (unpaired) electrons. The lowest BCUT2D eigenvalue weighted by Gasteiger charge is -2.07. The molecule has 0 fully saturated rings. The predicted molar refractivity (Wildman–Crippen MR) is 79.9 cm³/mol. The van der Waals surface area contributed by atoms with Crippen molar-refractivity contribution in [3.05, 3.63) is 27.7 Å². The lowest BCUT2D eigenvalue weighted by Crippen LogP contribution is -2.25. The third-order valence-corrected chi connectivity index (χ3v) is 4.80. The smallest absolute Gasteiger partial charge is 0.240 e. The zero-order chi connectivity index (χ0) is 12.9. The van der Waals surface area contributed by atoms with Crippen molar-refractivity contribution in [3.63, 3.8) is 0 Å². The van der Waals surface area contributed by atoms with Gasteiger partial charge in [0.1, 0.15) is 0 Å². The van der Waals surface area contributed by atoms with Gasteiger partial charge in [-0.2, -0.15) is 0 Å². The molecule has 0 saturated carbocycles. The zero-order valence-corrected chi connectivity index (χ0v) is 13.5. The van der Waals surface area contributed by atoms with Crippen LogP contribution in [-0.4, -0.2) is 21.5 Å². The third kappa shape index (κ3) is 5.42. The second-order valence-corrected chi connectivity index (χ2v) is 6.50. The van der Waals surface area contributed by atoms with Crippen LogP contribution in [-0.2, 0) is 10.0 Å². The van der Waals surface area contributed by atoms with Crippen molar-refractivity contribution in [2.24, 2.45) is 5.73 Å². The van der Waals surface area contributed by atoms with Gasteiger partial charge in [0.25, 0.3) is 0 Å². The fourth-order valence-electron chi connectivity index (χ4n) is 1.20. The first-order valence-corrected chi connectivity index (χ1v) is 7.77. The fourth-order valence-corrected chi connectivity index (χ4v) is 2.95. The number of sulfonamides is 1. The molecular weight excluding hydrogens is 363 g/mol. The van der Waals surface area contributed by atoms with Crippen molar-refractivity contribution in [3.8, 4) is 0 Å². The Morgan fingerprint density at radius 2 is 2.00 bits per heavy atom. The molecule has 0 spiro atoms. The normalized spacial score (nSPS) is 11.1. The quantitative estimate of drug-likeness (QED) is 0.748. The molecule has 0 bridgehead atoms. The van der Waals surface area contributed by atoms with Crippen molar-refractivity contribution < 1.29 is 8.42 Å². The Bertz CT molecular complexity index is 483. The average Bonchev–Trinajstić information content (AvgIpc) is 2.28. The molecule has 0 aliphatic carbocycles. The summed E-state index contributed by atoms with van der Waals surface area (Å²) in [5.74, 6) is 0. The van der Waals surface area contributed by atoms with Crippen molar-refractivity contribution >= 4 is 50.0 Å². The van der Waals surface area contributed by atoms with Gasteiger partial charge in [-0.15, -0.1) is 12.4 Å². The molecule has 3 N–H and O–H groups in total. The van der Waals surface area contributed by atoms with Crippen molar-refractivity contribution in [1.29, 1.82) is 0 Å². The van der Waals surface area contributed by atoms with Crippen LogP contribution >= 0.6 is 39.9 Å². The number of nitrogens with two attached hydrogens (primary N) is 1. The minimum atomic E-state index is -3.46. The maximum absolute atomic E-state index is 11.9. The van der Waals surface area contributed by atoms with E-state index in [1.807, 2.05) is 0 Å². The Morgan fingerprint density at radius 1 is 1.33 bits per heavy atom. The van der Waals surface area contributed by atoms with E-state index < -0.39 is 10.0 Å². The van der Waals surface area contributed by atoms with Gasteiger partial charge in [-0.25, -0.2) is 13.1 Å². The van der Waals surface area contributed by atoms with Gasteiger partial charge in [-0.3, -0.25) is 0 Å². The molecule has 0 aliphatic rings. The van der Waals surface area contributed by atoms with Gasteiger partial charge in [0.15, 0.2) is 0 Å². The largest absolute Gasteiger partial charge is 0.330 e. The topological polar surface area (TPSA) is 72.2 Å². The highest BCUT2D eigenvalue weighted by molar-refractivity contribution is 9.10. The summed E-state index contributed by atoms with van der Waals surface area (Å²) in [4.78, 5) is 0.196. The van der Waals surface area contributed by atoms with Crippen LogP contribution in [0.25, 0.3) is 0 Å². The maximum Gasteiger partial charge on any atom is 0.240 e. The van der Waals surface area contributed by atoms with E-state index in [0.717, 1.165) is 12.8 Å². The van der Waals surface area contributed by atoms with Crippen LogP contribution in [0.15, 0.2) is 27.6 Å². The van der Waals surface area contributed by atoms with E-state index in [-0.39, 0.29) is 17.3 Å². The molecule has 0 unspecified atom stereocenters. The van der Waals surface area contributed by atoms with E-state index in [1.54, 1.807) is 6.07 Å². The summed E-state index contributed by atoms with van der Waals surface area (Å²) in [6, 6.07) is 4.49. The standard InChI is InChI=1S/C10H14BrClN2O2S.ClH/c11-9-7-8(3-4-10(9)12)17(15,16)14-6-2-1-5-13;/h3-4,7,14H,1-2,5-6,13H2;1H. The SMILES string of the molecule is Cl.NCCCCNS(=O)(=O)c1ccc(Cl)c(Br)c1. The lowest BCUT2D eigenvalue weighted by molar-refractivity contribution is 0.577. The molecule has 0 amide bonds. The predicted octanol–water partition coefficient (Wildman–Crippen LogP) is 2.54. The van der Waals surface area contributed by atoms with E-state index in [9.17, 15) is 8.42 Å². The molecule has 0 saturated heterocycles. The number of hydrogen-bond donors (Lipinski definition) is 2. The Labute approximate surface area is 127 Å². The summed E-state index contributed by atoms with van der Waals surface area (Å²) in [5, 5.41) is 0.479. The summed E-state index contributed by atoms with van der Waals surface area (Å²) in [6.45, 7) is 0.952. The highest BCUT2D eigenvalue weighted by Gasteiger charge is 2.14. The van der Waals surface area contributed by atoms with Crippen molar-refractivity contribution in [2.75, 3.05) is 13.1 Å². The zero-order valence-electron chi connectivity index (χ0n) is 9.53. The van der Waals surface area contributed by atoms with E-state index in [4.69, 9.17) is 17.3 Å². The van der Waals surface area contributed by atoms with E-state index in [0.29, 0.717) is 22.6 Å². The van der Waals surface area contributed by atoms with Gasteiger partial charge in [-0.1, -0.05) is 11.6 Å². The van der Waals surface area contributed by atoms with E-state index in [1.165, 1.54) is 12.1 Å². The third-order valence-electron chi connectivity index (χ3n) is 2.12. The second kappa shape index (κ2) is 8.35. The fraction of sp³-hybridized carbons (Fsp3) is 0.400. The highest BCUT2D eigenvalue weighted by atomic mass is 79.9. The molecule has 4 nitrogen and oxygen atoms in total. The molecule has 104 valence electrons. The first kappa shape index (κ1) is 18.1. The van der Waals surface area contributed by atoms with Crippen LogP contribution in [0.2, 0.25) is 5.02 Å². The first-order valence-electron chi connectivity index (χ1n) is 5.12.